The molecule has 0 atom stereocenters. The van der Waals surface area contributed by atoms with Crippen LogP contribution in [0.1, 0.15) is 43.6 Å². The third-order valence-electron chi connectivity index (χ3n) is 4.97. The lowest BCUT2D eigenvalue weighted by molar-refractivity contribution is 0.226. The van der Waals surface area contributed by atoms with E-state index in [9.17, 15) is 4.79 Å². The molecule has 1 heterocycles. The van der Waals surface area contributed by atoms with Gasteiger partial charge in [-0.3, -0.25) is 4.79 Å². The molecule has 0 saturated heterocycles. The maximum absolute atomic E-state index is 12.7. The van der Waals surface area contributed by atoms with Crippen LogP contribution in [-0.4, -0.2) is 0 Å². The second-order valence-corrected chi connectivity index (χ2v) is 7.91. The van der Waals surface area contributed by atoms with Crippen LogP contribution in [0.4, 0.5) is 0 Å². The van der Waals surface area contributed by atoms with Crippen molar-refractivity contribution < 1.29 is 0 Å². The zero-order valence-electron chi connectivity index (χ0n) is 12.0. The van der Waals surface area contributed by atoms with Gasteiger partial charge in [0, 0.05) is 25.0 Å². The average Bonchev–Trinajstić information content (AvgIpc) is 2.46. The van der Waals surface area contributed by atoms with Gasteiger partial charge in [-0.1, -0.05) is 42.6 Å². The Bertz CT molecular complexity index is 713. The van der Waals surface area contributed by atoms with Gasteiger partial charge in [0.05, 0.1) is 0 Å². The molecular formula is C17H19BrOS. The molecule has 0 bridgehead atoms. The molecule has 1 aromatic heterocycles. The van der Waals surface area contributed by atoms with E-state index in [1.807, 2.05) is 23.5 Å². The molecule has 1 aromatic carbocycles. The van der Waals surface area contributed by atoms with E-state index in [0.29, 0.717) is 5.41 Å². The highest BCUT2D eigenvalue weighted by molar-refractivity contribution is 9.10. The van der Waals surface area contributed by atoms with Gasteiger partial charge in [0.25, 0.3) is 0 Å². The first-order valence-electron chi connectivity index (χ1n) is 7.32. The monoisotopic (exact) mass is 350 g/mol. The van der Waals surface area contributed by atoms with E-state index in [1.54, 1.807) is 0 Å². The smallest absolute Gasteiger partial charge is 0.191 e. The van der Waals surface area contributed by atoms with E-state index in [-0.39, 0.29) is 5.43 Å². The number of halogens is 1. The van der Waals surface area contributed by atoms with Gasteiger partial charge >= 0.3 is 0 Å². The third-order valence-corrected chi connectivity index (χ3v) is 6.66. The first-order valence-corrected chi connectivity index (χ1v) is 8.93. The number of fused-ring (bicyclic) bond motifs is 2. The summed E-state index contributed by atoms with van der Waals surface area (Å²) in [5.74, 6) is 0. The molecule has 1 aliphatic carbocycles. The molecule has 0 radical (unpaired) electrons. The van der Waals surface area contributed by atoms with Crippen LogP contribution >= 0.6 is 27.3 Å². The third kappa shape index (κ3) is 2.25. The zero-order chi connectivity index (χ0) is 14.3. The van der Waals surface area contributed by atoms with Crippen LogP contribution in [0.3, 0.4) is 0 Å². The molecule has 106 valence electrons. The summed E-state index contributed by atoms with van der Waals surface area (Å²) >= 11 is 5.33. The van der Waals surface area contributed by atoms with Gasteiger partial charge < -0.3 is 0 Å². The summed E-state index contributed by atoms with van der Waals surface area (Å²) in [7, 11) is 0. The molecule has 0 fully saturated rings. The molecule has 0 N–H and O–H groups in total. The van der Waals surface area contributed by atoms with Crippen LogP contribution < -0.4 is 5.43 Å². The van der Waals surface area contributed by atoms with Gasteiger partial charge in [0.15, 0.2) is 5.43 Å². The molecule has 0 spiro atoms. The van der Waals surface area contributed by atoms with Gasteiger partial charge in [0.1, 0.15) is 0 Å². The van der Waals surface area contributed by atoms with Crippen LogP contribution in [-0.2, 0) is 12.8 Å². The number of benzene rings is 1. The van der Waals surface area contributed by atoms with E-state index in [0.717, 1.165) is 39.4 Å². The zero-order valence-corrected chi connectivity index (χ0v) is 14.4. The Morgan fingerprint density at radius 2 is 2.05 bits per heavy atom. The largest absolute Gasteiger partial charge is 0.289 e. The lowest BCUT2D eigenvalue weighted by Gasteiger charge is -2.36. The Balaban J connectivity index is 2.20. The minimum absolute atomic E-state index is 0.266. The SMILES string of the molecule is CCC1(CC)CCc2c(sc3cc(Br)ccc3c2=O)C1. The lowest BCUT2D eigenvalue weighted by atomic mass is 9.70. The van der Waals surface area contributed by atoms with E-state index < -0.39 is 0 Å². The normalized spacial score (nSPS) is 17.1. The van der Waals surface area contributed by atoms with Gasteiger partial charge in [-0.05, 0) is 42.9 Å². The summed E-state index contributed by atoms with van der Waals surface area (Å²) in [5, 5.41) is 0.887. The molecule has 0 saturated carbocycles. The fraction of sp³-hybridized carbons (Fsp3) is 0.471. The van der Waals surface area contributed by atoms with Crippen molar-refractivity contribution in [3.05, 3.63) is 43.3 Å². The van der Waals surface area contributed by atoms with Crippen molar-refractivity contribution in [1.82, 2.24) is 0 Å². The minimum atomic E-state index is 0.266. The quantitative estimate of drug-likeness (QED) is 0.716. The number of rotatable bonds is 2. The molecule has 20 heavy (non-hydrogen) atoms. The lowest BCUT2D eigenvalue weighted by Crippen LogP contribution is -2.30. The van der Waals surface area contributed by atoms with Crippen molar-refractivity contribution in [3.8, 4) is 0 Å². The number of hydrogen-bond donors (Lipinski definition) is 0. The second-order valence-electron chi connectivity index (χ2n) is 5.86. The first-order chi connectivity index (χ1) is 9.58. The summed E-state index contributed by atoms with van der Waals surface area (Å²) in [5.41, 5.74) is 1.76. The highest BCUT2D eigenvalue weighted by Gasteiger charge is 2.33. The minimum Gasteiger partial charge on any atom is -0.289 e. The van der Waals surface area contributed by atoms with Gasteiger partial charge in [-0.2, -0.15) is 0 Å². The fourth-order valence-corrected chi connectivity index (χ4v) is 5.25. The topological polar surface area (TPSA) is 17.1 Å². The molecule has 3 heteroatoms. The van der Waals surface area contributed by atoms with Crippen LogP contribution in [0.5, 0.6) is 0 Å². The molecule has 1 nitrogen and oxygen atoms in total. The first kappa shape index (κ1) is 14.3. The van der Waals surface area contributed by atoms with Gasteiger partial charge in [-0.15, -0.1) is 11.3 Å². The van der Waals surface area contributed by atoms with Crippen LogP contribution in [0.25, 0.3) is 10.1 Å². The molecule has 0 amide bonds. The Kier molecular flexibility index (Phi) is 3.76. The molecule has 3 rings (SSSR count). The maximum Gasteiger partial charge on any atom is 0.191 e. The fourth-order valence-electron chi connectivity index (χ4n) is 3.32. The average molecular weight is 351 g/mol. The Morgan fingerprint density at radius 3 is 2.75 bits per heavy atom. The van der Waals surface area contributed by atoms with Gasteiger partial charge in [0.2, 0.25) is 0 Å². The maximum atomic E-state index is 12.7. The van der Waals surface area contributed by atoms with Crippen molar-refractivity contribution in [1.29, 1.82) is 0 Å². The van der Waals surface area contributed by atoms with Crippen molar-refractivity contribution in [2.75, 3.05) is 0 Å². The summed E-state index contributed by atoms with van der Waals surface area (Å²) in [6.45, 7) is 4.57. The van der Waals surface area contributed by atoms with Crippen molar-refractivity contribution in [2.45, 2.75) is 46.0 Å². The summed E-state index contributed by atoms with van der Waals surface area (Å²) in [6, 6.07) is 6.00. The highest BCUT2D eigenvalue weighted by atomic mass is 79.9. The van der Waals surface area contributed by atoms with Crippen molar-refractivity contribution in [2.24, 2.45) is 5.41 Å². The van der Waals surface area contributed by atoms with Crippen LogP contribution in [0, 0.1) is 5.41 Å². The molecule has 0 unspecified atom stereocenters. The Hall–Kier alpha value is -0.670. The van der Waals surface area contributed by atoms with Crippen molar-refractivity contribution >= 4 is 37.4 Å². The molecule has 0 aliphatic heterocycles. The highest BCUT2D eigenvalue weighted by Crippen LogP contribution is 2.42. The van der Waals surface area contributed by atoms with Crippen molar-refractivity contribution in [3.63, 3.8) is 0 Å². The van der Waals surface area contributed by atoms with Crippen LogP contribution in [0.2, 0.25) is 0 Å². The second kappa shape index (κ2) is 5.27. The van der Waals surface area contributed by atoms with Gasteiger partial charge in [-0.25, -0.2) is 0 Å². The Morgan fingerprint density at radius 1 is 1.30 bits per heavy atom. The van der Waals surface area contributed by atoms with E-state index >= 15 is 0 Å². The van der Waals surface area contributed by atoms with E-state index in [4.69, 9.17) is 0 Å². The predicted octanol–water partition coefficient (Wildman–Crippen LogP) is 5.32. The molecule has 1 aliphatic rings. The predicted molar refractivity (Wildman–Crippen MR) is 90.8 cm³/mol. The van der Waals surface area contributed by atoms with E-state index in [2.05, 4.69) is 35.8 Å². The number of hydrogen-bond acceptors (Lipinski definition) is 2. The molecular weight excluding hydrogens is 332 g/mol. The standard InChI is InChI=1S/C17H19BrOS/c1-3-17(4-2)8-7-13-15(10-17)20-14-9-11(18)5-6-12(14)16(13)19/h5-6,9H,3-4,7-8,10H2,1-2H3. The summed E-state index contributed by atoms with van der Waals surface area (Å²) < 4.78 is 2.17. The molecule has 2 aromatic rings. The summed E-state index contributed by atoms with van der Waals surface area (Å²) in [6.07, 6.45) is 5.62. The van der Waals surface area contributed by atoms with E-state index in [1.165, 1.54) is 17.7 Å². The summed E-state index contributed by atoms with van der Waals surface area (Å²) in [4.78, 5) is 14.0. The van der Waals surface area contributed by atoms with Crippen LogP contribution in [0.15, 0.2) is 27.5 Å². The Labute approximate surface area is 132 Å².